The van der Waals surface area contributed by atoms with E-state index in [0.717, 1.165) is 36.7 Å². The number of hydrogen-bond donors (Lipinski definition) is 1. The highest BCUT2D eigenvalue weighted by atomic mass is 19.1. The van der Waals surface area contributed by atoms with Crippen LogP contribution in [0.2, 0.25) is 0 Å². The van der Waals surface area contributed by atoms with Gasteiger partial charge in [-0.3, -0.25) is 4.90 Å². The van der Waals surface area contributed by atoms with E-state index in [-0.39, 0.29) is 5.82 Å². The van der Waals surface area contributed by atoms with Crippen LogP contribution in [-0.2, 0) is 19.6 Å². The Kier molecular flexibility index (Phi) is 6.07. The Morgan fingerprint density at radius 2 is 1.55 bits per heavy atom. The lowest BCUT2D eigenvalue weighted by molar-refractivity contribution is 0.331. The fraction of sp³-hybridized carbons (Fsp3) is 0.375. The third kappa shape index (κ3) is 4.74. The average molecular weight is 393 g/mol. The first-order valence-corrected chi connectivity index (χ1v) is 10.4. The number of nitrogens with one attached hydrogen (secondary N) is 1. The minimum atomic E-state index is -0.233. The summed E-state index contributed by atoms with van der Waals surface area (Å²) in [6.07, 6.45) is 2.66. The van der Waals surface area contributed by atoms with Gasteiger partial charge in [0.05, 0.1) is 11.4 Å². The molecule has 1 aliphatic rings. The summed E-state index contributed by atoms with van der Waals surface area (Å²) in [5.41, 5.74) is 6.84. The van der Waals surface area contributed by atoms with Crippen molar-refractivity contribution in [3.63, 3.8) is 0 Å². The molecule has 0 saturated carbocycles. The van der Waals surface area contributed by atoms with Gasteiger partial charge in [-0.05, 0) is 75.2 Å². The summed E-state index contributed by atoms with van der Waals surface area (Å²) in [5, 5.41) is 8.19. The van der Waals surface area contributed by atoms with E-state index >= 15 is 0 Å². The summed E-state index contributed by atoms with van der Waals surface area (Å²) in [5.74, 6) is -0.233. The van der Waals surface area contributed by atoms with Crippen molar-refractivity contribution in [2.45, 2.75) is 46.3 Å². The molecule has 4 rings (SSSR count). The Labute approximate surface area is 172 Å². The number of benzene rings is 2. The van der Waals surface area contributed by atoms with Gasteiger partial charge < -0.3 is 5.32 Å². The standard InChI is InChI=1S/C24H29FN4/c1-18-24(19(2)29(27-18)23-11-9-22(25)10-12-23)16-26-15-20-5-7-21(8-6-20)17-28-13-3-4-14-28/h5-12,26H,3-4,13-17H2,1-2H3. The first-order chi connectivity index (χ1) is 14.1. The molecule has 0 atom stereocenters. The number of nitrogens with zero attached hydrogens (tertiary/aromatic N) is 3. The lowest BCUT2D eigenvalue weighted by atomic mass is 10.1. The number of rotatable bonds is 7. The van der Waals surface area contributed by atoms with Crippen LogP contribution in [0.15, 0.2) is 48.5 Å². The van der Waals surface area contributed by atoms with Gasteiger partial charge in [-0.1, -0.05) is 24.3 Å². The van der Waals surface area contributed by atoms with Crippen LogP contribution in [-0.4, -0.2) is 27.8 Å². The summed E-state index contributed by atoms with van der Waals surface area (Å²) in [6, 6.07) is 15.4. The molecule has 1 aromatic heterocycles. The molecule has 0 amide bonds. The van der Waals surface area contributed by atoms with Gasteiger partial charge in [-0.25, -0.2) is 9.07 Å². The maximum atomic E-state index is 13.2. The van der Waals surface area contributed by atoms with E-state index in [1.165, 1.54) is 54.8 Å². The highest BCUT2D eigenvalue weighted by molar-refractivity contribution is 5.37. The summed E-state index contributed by atoms with van der Waals surface area (Å²) in [7, 11) is 0. The van der Waals surface area contributed by atoms with Crippen molar-refractivity contribution < 1.29 is 4.39 Å². The molecule has 2 aromatic carbocycles. The third-order valence-electron chi connectivity index (χ3n) is 5.77. The number of hydrogen-bond acceptors (Lipinski definition) is 3. The zero-order chi connectivity index (χ0) is 20.2. The molecule has 1 N–H and O–H groups in total. The van der Waals surface area contributed by atoms with Crippen molar-refractivity contribution in [1.29, 1.82) is 0 Å². The molecular weight excluding hydrogens is 363 g/mol. The summed E-state index contributed by atoms with van der Waals surface area (Å²) >= 11 is 0. The van der Waals surface area contributed by atoms with E-state index in [9.17, 15) is 4.39 Å². The highest BCUT2D eigenvalue weighted by Gasteiger charge is 2.13. The van der Waals surface area contributed by atoms with E-state index in [0.29, 0.717) is 0 Å². The summed E-state index contributed by atoms with van der Waals surface area (Å²) < 4.78 is 15.1. The van der Waals surface area contributed by atoms with E-state index in [2.05, 4.69) is 46.5 Å². The fourth-order valence-electron chi connectivity index (χ4n) is 4.06. The van der Waals surface area contributed by atoms with Gasteiger partial charge in [0.2, 0.25) is 0 Å². The van der Waals surface area contributed by atoms with Crippen molar-refractivity contribution in [3.8, 4) is 5.69 Å². The van der Waals surface area contributed by atoms with Crippen molar-refractivity contribution >= 4 is 0 Å². The molecule has 152 valence electrons. The van der Waals surface area contributed by atoms with Crippen LogP contribution in [0.1, 0.15) is 40.9 Å². The van der Waals surface area contributed by atoms with Crippen molar-refractivity contribution in [2.75, 3.05) is 13.1 Å². The van der Waals surface area contributed by atoms with Crippen molar-refractivity contribution in [1.82, 2.24) is 20.0 Å². The van der Waals surface area contributed by atoms with E-state index in [4.69, 9.17) is 0 Å². The van der Waals surface area contributed by atoms with Gasteiger partial charge >= 0.3 is 0 Å². The first-order valence-electron chi connectivity index (χ1n) is 10.4. The van der Waals surface area contributed by atoms with Gasteiger partial charge in [0, 0.05) is 30.9 Å². The molecule has 1 saturated heterocycles. The molecule has 5 heteroatoms. The first kappa shape index (κ1) is 19.8. The molecule has 1 fully saturated rings. The molecule has 4 nitrogen and oxygen atoms in total. The molecule has 0 radical (unpaired) electrons. The molecule has 0 aliphatic carbocycles. The van der Waals surface area contributed by atoms with Gasteiger partial charge in [-0.2, -0.15) is 5.10 Å². The largest absolute Gasteiger partial charge is 0.308 e. The van der Waals surface area contributed by atoms with Crippen molar-refractivity contribution in [3.05, 3.63) is 82.4 Å². The quantitative estimate of drug-likeness (QED) is 0.642. The molecule has 3 aromatic rings. The SMILES string of the molecule is Cc1nn(-c2ccc(F)cc2)c(C)c1CNCc1ccc(CN2CCCC2)cc1. The van der Waals surface area contributed by atoms with Crippen LogP contribution in [0.5, 0.6) is 0 Å². The third-order valence-corrected chi connectivity index (χ3v) is 5.77. The van der Waals surface area contributed by atoms with Crippen LogP contribution in [0.25, 0.3) is 5.69 Å². The lowest BCUT2D eigenvalue weighted by Gasteiger charge is -2.14. The smallest absolute Gasteiger partial charge is 0.123 e. The summed E-state index contributed by atoms with van der Waals surface area (Å²) in [4.78, 5) is 2.53. The second-order valence-corrected chi connectivity index (χ2v) is 7.94. The zero-order valence-electron chi connectivity index (χ0n) is 17.3. The maximum Gasteiger partial charge on any atom is 0.123 e. The average Bonchev–Trinajstić information content (AvgIpc) is 3.33. The van der Waals surface area contributed by atoms with E-state index < -0.39 is 0 Å². The second kappa shape index (κ2) is 8.89. The predicted octanol–water partition coefficient (Wildman–Crippen LogP) is 4.51. The Bertz CT molecular complexity index is 938. The Hall–Kier alpha value is -2.50. The predicted molar refractivity (Wildman–Crippen MR) is 114 cm³/mol. The fourth-order valence-corrected chi connectivity index (χ4v) is 4.06. The molecular formula is C24H29FN4. The van der Waals surface area contributed by atoms with Crippen LogP contribution >= 0.6 is 0 Å². The van der Waals surface area contributed by atoms with Crippen LogP contribution < -0.4 is 5.32 Å². The van der Waals surface area contributed by atoms with Crippen LogP contribution in [0.4, 0.5) is 4.39 Å². The molecule has 0 spiro atoms. The topological polar surface area (TPSA) is 33.1 Å². The Balaban J connectivity index is 1.35. The van der Waals surface area contributed by atoms with E-state index in [1.54, 1.807) is 12.1 Å². The minimum absolute atomic E-state index is 0.233. The lowest BCUT2D eigenvalue weighted by Crippen LogP contribution is -2.18. The monoisotopic (exact) mass is 392 g/mol. The summed E-state index contributed by atoms with van der Waals surface area (Å²) in [6.45, 7) is 9.19. The number of halogens is 1. The van der Waals surface area contributed by atoms with Crippen molar-refractivity contribution in [2.24, 2.45) is 0 Å². The van der Waals surface area contributed by atoms with Crippen LogP contribution in [0.3, 0.4) is 0 Å². The van der Waals surface area contributed by atoms with Gasteiger partial charge in [-0.15, -0.1) is 0 Å². The van der Waals surface area contributed by atoms with Gasteiger partial charge in [0.15, 0.2) is 0 Å². The second-order valence-electron chi connectivity index (χ2n) is 7.94. The Morgan fingerprint density at radius 3 is 2.24 bits per heavy atom. The molecule has 1 aliphatic heterocycles. The zero-order valence-corrected chi connectivity index (χ0v) is 17.3. The number of aromatic nitrogens is 2. The van der Waals surface area contributed by atoms with Gasteiger partial charge in [0.1, 0.15) is 5.82 Å². The molecule has 29 heavy (non-hydrogen) atoms. The van der Waals surface area contributed by atoms with Crippen LogP contribution in [0, 0.1) is 19.7 Å². The highest BCUT2D eigenvalue weighted by Crippen LogP contribution is 2.18. The molecule has 0 bridgehead atoms. The molecule has 0 unspecified atom stereocenters. The minimum Gasteiger partial charge on any atom is -0.308 e. The van der Waals surface area contributed by atoms with E-state index in [1.807, 2.05) is 11.6 Å². The number of aryl methyl sites for hydroxylation is 1. The Morgan fingerprint density at radius 1 is 0.897 bits per heavy atom. The normalized spacial score (nSPS) is 14.6. The number of likely N-dealkylation sites (tertiary alicyclic amines) is 1. The molecule has 2 heterocycles. The van der Waals surface area contributed by atoms with Gasteiger partial charge in [0.25, 0.3) is 0 Å². The maximum absolute atomic E-state index is 13.2.